The second-order valence-electron chi connectivity index (χ2n) is 7.81. The zero-order chi connectivity index (χ0) is 20.4. The maximum atomic E-state index is 13.0. The molecule has 1 aromatic carbocycles. The molecule has 3 heterocycles. The van der Waals surface area contributed by atoms with E-state index < -0.39 is 12.2 Å². The van der Waals surface area contributed by atoms with E-state index in [1.807, 2.05) is 18.2 Å². The number of aromatic nitrogens is 2. The Bertz CT molecular complexity index is 819. The minimum atomic E-state index is -4.18. The lowest BCUT2D eigenvalue weighted by molar-refractivity contribution is -0.179. The number of hydrogen-bond acceptors (Lipinski definition) is 5. The van der Waals surface area contributed by atoms with Crippen LogP contribution in [0.25, 0.3) is 0 Å². The van der Waals surface area contributed by atoms with Gasteiger partial charge in [-0.25, -0.2) is 9.97 Å². The third-order valence-electron chi connectivity index (χ3n) is 5.95. The first-order valence-electron chi connectivity index (χ1n) is 10.1. The van der Waals surface area contributed by atoms with Gasteiger partial charge in [0.2, 0.25) is 0 Å². The Morgan fingerprint density at radius 3 is 2.41 bits per heavy atom. The van der Waals surface area contributed by atoms with E-state index in [9.17, 15) is 13.2 Å². The van der Waals surface area contributed by atoms with Crippen molar-refractivity contribution >= 4 is 5.82 Å². The predicted octanol–water partition coefficient (Wildman–Crippen LogP) is 3.11. The molecule has 5 nitrogen and oxygen atoms in total. The van der Waals surface area contributed by atoms with Gasteiger partial charge in [-0.15, -0.1) is 0 Å². The molecule has 1 atom stereocenters. The SMILES string of the molecule is CC(N1CCN(c2ncnc3c2CCN(Cc2ccccc2)C3)CC1)C(F)(F)F. The van der Waals surface area contributed by atoms with E-state index in [-0.39, 0.29) is 0 Å². The van der Waals surface area contributed by atoms with Gasteiger partial charge < -0.3 is 4.90 Å². The van der Waals surface area contributed by atoms with Crippen molar-refractivity contribution in [1.29, 1.82) is 0 Å². The van der Waals surface area contributed by atoms with Crippen molar-refractivity contribution in [2.24, 2.45) is 0 Å². The van der Waals surface area contributed by atoms with Crippen LogP contribution in [-0.4, -0.2) is 64.7 Å². The van der Waals surface area contributed by atoms with E-state index in [1.54, 1.807) is 6.33 Å². The topological polar surface area (TPSA) is 35.5 Å². The Morgan fingerprint density at radius 1 is 1.00 bits per heavy atom. The van der Waals surface area contributed by atoms with Gasteiger partial charge in [0.25, 0.3) is 0 Å². The van der Waals surface area contributed by atoms with Gasteiger partial charge in [-0.3, -0.25) is 9.80 Å². The highest BCUT2D eigenvalue weighted by Crippen LogP contribution is 2.29. The van der Waals surface area contributed by atoms with E-state index in [2.05, 4.69) is 31.9 Å². The summed E-state index contributed by atoms with van der Waals surface area (Å²) >= 11 is 0. The van der Waals surface area contributed by atoms with Crippen LogP contribution in [0.3, 0.4) is 0 Å². The number of piperazine rings is 1. The highest BCUT2D eigenvalue weighted by Gasteiger charge is 2.41. The summed E-state index contributed by atoms with van der Waals surface area (Å²) in [5.41, 5.74) is 3.46. The molecule has 156 valence electrons. The number of anilines is 1. The van der Waals surface area contributed by atoms with Crippen LogP contribution in [0.5, 0.6) is 0 Å². The monoisotopic (exact) mass is 405 g/mol. The van der Waals surface area contributed by atoms with Crippen LogP contribution in [0, 0.1) is 0 Å². The van der Waals surface area contributed by atoms with E-state index >= 15 is 0 Å². The van der Waals surface area contributed by atoms with Gasteiger partial charge in [0.1, 0.15) is 18.2 Å². The minimum absolute atomic E-state index is 0.388. The summed E-state index contributed by atoms with van der Waals surface area (Å²) in [5.74, 6) is 0.897. The van der Waals surface area contributed by atoms with E-state index in [4.69, 9.17) is 0 Å². The van der Waals surface area contributed by atoms with Crippen LogP contribution >= 0.6 is 0 Å². The lowest BCUT2D eigenvalue weighted by Crippen LogP contribution is -2.54. The van der Waals surface area contributed by atoms with Crippen LogP contribution in [0.2, 0.25) is 0 Å². The van der Waals surface area contributed by atoms with Crippen LogP contribution in [-0.2, 0) is 19.5 Å². The Balaban J connectivity index is 1.42. The summed E-state index contributed by atoms with van der Waals surface area (Å²) in [5, 5.41) is 0. The molecule has 0 aliphatic carbocycles. The molecule has 4 rings (SSSR count). The summed E-state index contributed by atoms with van der Waals surface area (Å²) in [4.78, 5) is 15.0. The van der Waals surface area contributed by atoms with Crippen LogP contribution in [0.1, 0.15) is 23.7 Å². The van der Waals surface area contributed by atoms with Gasteiger partial charge in [-0.1, -0.05) is 30.3 Å². The molecule has 0 amide bonds. The molecule has 1 fully saturated rings. The molecule has 8 heteroatoms. The highest BCUT2D eigenvalue weighted by molar-refractivity contribution is 5.50. The average Bonchev–Trinajstić information content (AvgIpc) is 2.73. The van der Waals surface area contributed by atoms with Gasteiger partial charge in [0.05, 0.1) is 5.69 Å². The number of hydrogen-bond donors (Lipinski definition) is 0. The summed E-state index contributed by atoms with van der Waals surface area (Å²) in [7, 11) is 0. The first kappa shape index (κ1) is 20.1. The Morgan fingerprint density at radius 2 is 1.72 bits per heavy atom. The predicted molar refractivity (Wildman–Crippen MR) is 106 cm³/mol. The van der Waals surface area contributed by atoms with E-state index in [1.165, 1.54) is 17.4 Å². The fourth-order valence-corrected chi connectivity index (χ4v) is 4.17. The van der Waals surface area contributed by atoms with Gasteiger partial charge in [0.15, 0.2) is 0 Å². The summed E-state index contributed by atoms with van der Waals surface area (Å²) in [6.45, 7) is 5.70. The number of fused-ring (bicyclic) bond motifs is 1. The molecular weight excluding hydrogens is 379 g/mol. The fourth-order valence-electron chi connectivity index (χ4n) is 4.17. The Kier molecular flexibility index (Phi) is 5.74. The largest absolute Gasteiger partial charge is 0.403 e. The molecule has 0 saturated carbocycles. The van der Waals surface area contributed by atoms with Crippen molar-refractivity contribution in [2.45, 2.75) is 38.7 Å². The molecule has 2 aliphatic rings. The average molecular weight is 405 g/mol. The molecule has 1 aromatic heterocycles. The molecule has 0 bridgehead atoms. The maximum Gasteiger partial charge on any atom is 0.403 e. The van der Waals surface area contributed by atoms with Crippen LogP contribution in [0.4, 0.5) is 19.0 Å². The van der Waals surface area contributed by atoms with Crippen molar-refractivity contribution in [2.75, 3.05) is 37.6 Å². The number of halogens is 3. The second-order valence-corrected chi connectivity index (χ2v) is 7.81. The van der Waals surface area contributed by atoms with Crippen molar-refractivity contribution in [3.8, 4) is 0 Å². The molecule has 2 aromatic rings. The number of benzene rings is 1. The third kappa shape index (κ3) is 4.53. The van der Waals surface area contributed by atoms with Crippen molar-refractivity contribution in [3.05, 3.63) is 53.5 Å². The second kappa shape index (κ2) is 8.28. The van der Waals surface area contributed by atoms with Crippen molar-refractivity contribution in [3.63, 3.8) is 0 Å². The summed E-state index contributed by atoms with van der Waals surface area (Å²) < 4.78 is 39.0. The van der Waals surface area contributed by atoms with Crippen molar-refractivity contribution < 1.29 is 13.2 Å². The molecule has 0 spiro atoms. The minimum Gasteiger partial charge on any atom is -0.354 e. The first-order valence-corrected chi connectivity index (χ1v) is 10.1. The normalized spacial score (nSPS) is 19.8. The van der Waals surface area contributed by atoms with Crippen LogP contribution < -0.4 is 4.90 Å². The quantitative estimate of drug-likeness (QED) is 0.781. The molecule has 29 heavy (non-hydrogen) atoms. The standard InChI is InChI=1S/C21H26F3N5/c1-16(21(22,23)24)28-9-11-29(12-10-28)20-18-7-8-27(14-19(18)25-15-26-20)13-17-5-3-2-4-6-17/h2-6,15-16H,7-14H2,1H3. The smallest absolute Gasteiger partial charge is 0.354 e. The van der Waals surface area contributed by atoms with Gasteiger partial charge in [-0.2, -0.15) is 13.2 Å². The van der Waals surface area contributed by atoms with E-state index in [0.717, 1.165) is 43.1 Å². The number of nitrogens with zero attached hydrogens (tertiary/aromatic N) is 5. The zero-order valence-electron chi connectivity index (χ0n) is 16.6. The molecule has 0 N–H and O–H groups in total. The maximum absolute atomic E-state index is 13.0. The lowest BCUT2D eigenvalue weighted by atomic mass is 10.0. The Hall–Kier alpha value is -2.19. The highest BCUT2D eigenvalue weighted by atomic mass is 19.4. The van der Waals surface area contributed by atoms with Crippen molar-refractivity contribution in [1.82, 2.24) is 19.8 Å². The van der Waals surface area contributed by atoms with Gasteiger partial charge in [0, 0.05) is 51.4 Å². The molecule has 1 unspecified atom stereocenters. The number of rotatable bonds is 4. The van der Waals surface area contributed by atoms with Crippen LogP contribution in [0.15, 0.2) is 36.7 Å². The third-order valence-corrected chi connectivity index (χ3v) is 5.95. The lowest BCUT2D eigenvalue weighted by Gasteiger charge is -2.40. The summed E-state index contributed by atoms with van der Waals surface area (Å²) in [6.07, 6.45) is -1.74. The van der Waals surface area contributed by atoms with E-state index in [0.29, 0.717) is 26.2 Å². The summed E-state index contributed by atoms with van der Waals surface area (Å²) in [6, 6.07) is 8.96. The van der Waals surface area contributed by atoms with Gasteiger partial charge >= 0.3 is 6.18 Å². The zero-order valence-corrected chi connectivity index (χ0v) is 16.6. The Labute approximate surface area is 169 Å². The molecule has 0 radical (unpaired) electrons. The molecule has 1 saturated heterocycles. The fraction of sp³-hybridized carbons (Fsp3) is 0.524. The molecular formula is C21H26F3N5. The molecule has 2 aliphatic heterocycles. The van der Waals surface area contributed by atoms with Gasteiger partial charge in [-0.05, 0) is 18.9 Å². The first-order chi connectivity index (χ1) is 13.9. The number of alkyl halides is 3.